The van der Waals surface area contributed by atoms with Gasteiger partial charge in [-0.3, -0.25) is 4.79 Å². The lowest BCUT2D eigenvalue weighted by Gasteiger charge is -2.15. The molecule has 0 heterocycles. The number of hydrogen-bond donors (Lipinski definition) is 1. The monoisotopic (exact) mass is 563 g/mol. The number of ether oxygens (including phenoxy) is 3. The van der Waals surface area contributed by atoms with Gasteiger partial charge >= 0.3 is 5.97 Å². The molecule has 0 aliphatic heterocycles. The highest BCUT2D eigenvalue weighted by atomic mass is 19.1. The standard InChI is InChI=1S/C35H30FNO5/c1-22-28(16-24-17-31(40-2)34(32(18-24)41-3)42-35(39)25-12-8-5-9-13-25)27-15-14-26(36)19-30(27)29(22)20-33(38)37-21-23-10-6-4-7-11-23/h4-19H,20-21H2,1-3H3,(H,37,38). The van der Waals surface area contributed by atoms with E-state index in [1.807, 2.05) is 49.4 Å². The average molecular weight is 564 g/mol. The van der Waals surface area contributed by atoms with E-state index in [0.29, 0.717) is 34.7 Å². The van der Waals surface area contributed by atoms with E-state index in [4.69, 9.17) is 14.2 Å². The lowest BCUT2D eigenvalue weighted by molar-refractivity contribution is -0.120. The number of hydrogen-bond acceptors (Lipinski definition) is 5. The van der Waals surface area contributed by atoms with Gasteiger partial charge in [-0.1, -0.05) is 54.6 Å². The average Bonchev–Trinajstić information content (AvgIpc) is 3.26. The first-order valence-electron chi connectivity index (χ1n) is 13.4. The lowest BCUT2D eigenvalue weighted by Crippen LogP contribution is -2.22. The van der Waals surface area contributed by atoms with E-state index in [0.717, 1.165) is 27.8 Å². The van der Waals surface area contributed by atoms with E-state index < -0.39 is 5.97 Å². The van der Waals surface area contributed by atoms with Crippen molar-refractivity contribution < 1.29 is 28.2 Å². The molecule has 0 saturated heterocycles. The maximum absolute atomic E-state index is 14.4. The summed E-state index contributed by atoms with van der Waals surface area (Å²) in [5, 5.41) is 2.96. The Morgan fingerprint density at radius 2 is 1.48 bits per heavy atom. The van der Waals surface area contributed by atoms with Crippen LogP contribution in [0.2, 0.25) is 0 Å². The number of methoxy groups -OCH3 is 2. The SMILES string of the molecule is COc1cc(C=C2C(C)=C(CC(=O)NCc3ccccc3)c3cc(F)ccc32)cc(OC)c1OC(=O)c1ccccc1. The van der Waals surface area contributed by atoms with Gasteiger partial charge in [-0.25, -0.2) is 9.18 Å². The molecule has 1 aliphatic carbocycles. The molecule has 0 aromatic heterocycles. The van der Waals surface area contributed by atoms with Gasteiger partial charge in [0.05, 0.1) is 26.2 Å². The summed E-state index contributed by atoms with van der Waals surface area (Å²) in [5.41, 5.74) is 6.06. The number of carbonyl (C=O) groups is 2. The summed E-state index contributed by atoms with van der Waals surface area (Å²) in [5.74, 6) is -0.294. The van der Waals surface area contributed by atoms with Gasteiger partial charge in [-0.2, -0.15) is 0 Å². The van der Waals surface area contributed by atoms with Crippen molar-refractivity contribution in [3.05, 3.63) is 130 Å². The van der Waals surface area contributed by atoms with Crippen molar-refractivity contribution in [3.63, 3.8) is 0 Å². The van der Waals surface area contributed by atoms with Crippen LogP contribution < -0.4 is 19.5 Å². The molecule has 42 heavy (non-hydrogen) atoms. The number of esters is 1. The Morgan fingerprint density at radius 1 is 0.833 bits per heavy atom. The van der Waals surface area contributed by atoms with E-state index in [9.17, 15) is 14.0 Å². The minimum absolute atomic E-state index is 0.105. The highest BCUT2D eigenvalue weighted by molar-refractivity contribution is 6.08. The van der Waals surface area contributed by atoms with Gasteiger partial charge in [0.15, 0.2) is 11.5 Å². The second kappa shape index (κ2) is 12.6. The van der Waals surface area contributed by atoms with Crippen molar-refractivity contribution in [1.82, 2.24) is 5.32 Å². The molecule has 0 radical (unpaired) electrons. The van der Waals surface area contributed by atoms with Crippen LogP contribution in [0, 0.1) is 5.82 Å². The molecule has 1 amide bonds. The Morgan fingerprint density at radius 3 is 2.12 bits per heavy atom. The van der Waals surface area contributed by atoms with Gasteiger partial charge in [0.2, 0.25) is 11.7 Å². The minimum atomic E-state index is -0.543. The Labute approximate surface area is 244 Å². The van der Waals surface area contributed by atoms with Gasteiger partial charge in [0.25, 0.3) is 0 Å². The zero-order valence-corrected chi connectivity index (χ0v) is 23.6. The molecule has 4 aromatic carbocycles. The lowest BCUT2D eigenvalue weighted by atomic mass is 10.00. The van der Waals surface area contributed by atoms with Crippen LogP contribution in [0.3, 0.4) is 0 Å². The van der Waals surface area contributed by atoms with Crippen LogP contribution in [0.4, 0.5) is 4.39 Å². The van der Waals surface area contributed by atoms with Crippen molar-refractivity contribution in [2.75, 3.05) is 14.2 Å². The number of halogens is 1. The third kappa shape index (κ3) is 6.10. The van der Waals surface area contributed by atoms with Crippen LogP contribution in [0.15, 0.2) is 96.6 Å². The first-order valence-corrected chi connectivity index (χ1v) is 13.4. The number of amides is 1. The maximum Gasteiger partial charge on any atom is 0.343 e. The number of rotatable bonds is 9. The Hall–Kier alpha value is -5.17. The second-order valence-electron chi connectivity index (χ2n) is 9.80. The van der Waals surface area contributed by atoms with Crippen LogP contribution in [0.5, 0.6) is 17.2 Å². The Bertz CT molecular complexity index is 1670. The molecule has 5 rings (SSSR count). The van der Waals surface area contributed by atoms with Crippen molar-refractivity contribution in [2.45, 2.75) is 19.9 Å². The third-order valence-corrected chi connectivity index (χ3v) is 7.12. The molecule has 0 saturated carbocycles. The van der Waals surface area contributed by atoms with Gasteiger partial charge < -0.3 is 19.5 Å². The molecule has 0 spiro atoms. The molecule has 0 bridgehead atoms. The molecule has 4 aromatic rings. The van der Waals surface area contributed by atoms with Crippen molar-refractivity contribution in [2.24, 2.45) is 0 Å². The van der Waals surface area contributed by atoms with Crippen LogP contribution in [0.25, 0.3) is 17.2 Å². The Balaban J connectivity index is 1.47. The molecule has 1 N–H and O–H groups in total. The summed E-state index contributed by atoms with van der Waals surface area (Å²) in [6, 6.07) is 26.4. The number of carbonyl (C=O) groups excluding carboxylic acids is 2. The zero-order chi connectivity index (χ0) is 29.6. The molecule has 1 aliphatic rings. The number of benzene rings is 4. The quantitative estimate of drug-likeness (QED) is 0.174. The fraction of sp³-hybridized carbons (Fsp3) is 0.143. The summed E-state index contributed by atoms with van der Waals surface area (Å²) < 4.78 is 31.2. The molecule has 0 unspecified atom stereocenters. The summed E-state index contributed by atoms with van der Waals surface area (Å²) in [6.45, 7) is 2.33. The van der Waals surface area contributed by atoms with Gasteiger partial charge in [-0.15, -0.1) is 0 Å². The van der Waals surface area contributed by atoms with E-state index in [1.54, 1.807) is 42.5 Å². The number of allylic oxidation sites excluding steroid dienone is 2. The minimum Gasteiger partial charge on any atom is -0.493 e. The van der Waals surface area contributed by atoms with Gasteiger partial charge in [-0.05, 0) is 88.4 Å². The van der Waals surface area contributed by atoms with Crippen molar-refractivity contribution in [1.29, 1.82) is 0 Å². The maximum atomic E-state index is 14.4. The molecule has 6 nitrogen and oxygen atoms in total. The first-order chi connectivity index (χ1) is 20.4. The summed E-state index contributed by atoms with van der Waals surface area (Å²) in [7, 11) is 2.97. The summed E-state index contributed by atoms with van der Waals surface area (Å²) in [6.07, 6.45) is 2.03. The van der Waals surface area contributed by atoms with Crippen LogP contribution in [0.1, 0.15) is 46.0 Å². The number of fused-ring (bicyclic) bond motifs is 1. The van der Waals surface area contributed by atoms with Gasteiger partial charge in [0.1, 0.15) is 5.82 Å². The van der Waals surface area contributed by atoms with Crippen molar-refractivity contribution in [3.8, 4) is 17.2 Å². The largest absolute Gasteiger partial charge is 0.493 e. The molecule has 7 heteroatoms. The Kier molecular flexibility index (Phi) is 8.48. The first kappa shape index (κ1) is 28.4. The van der Waals surface area contributed by atoms with E-state index in [2.05, 4.69) is 5.32 Å². The highest BCUT2D eigenvalue weighted by Crippen LogP contribution is 2.45. The predicted octanol–water partition coefficient (Wildman–Crippen LogP) is 7.10. The predicted molar refractivity (Wildman–Crippen MR) is 161 cm³/mol. The van der Waals surface area contributed by atoms with E-state index >= 15 is 0 Å². The molecule has 212 valence electrons. The zero-order valence-electron chi connectivity index (χ0n) is 23.6. The topological polar surface area (TPSA) is 73.9 Å². The van der Waals surface area contributed by atoms with Crippen LogP contribution in [-0.4, -0.2) is 26.1 Å². The van der Waals surface area contributed by atoms with Gasteiger partial charge in [0, 0.05) is 6.54 Å². The van der Waals surface area contributed by atoms with E-state index in [1.165, 1.54) is 26.4 Å². The second-order valence-corrected chi connectivity index (χ2v) is 9.80. The van der Waals surface area contributed by atoms with Crippen LogP contribution >= 0.6 is 0 Å². The molecular weight excluding hydrogens is 533 g/mol. The third-order valence-electron chi connectivity index (χ3n) is 7.12. The highest BCUT2D eigenvalue weighted by Gasteiger charge is 2.26. The smallest absolute Gasteiger partial charge is 0.343 e. The summed E-state index contributed by atoms with van der Waals surface area (Å²) in [4.78, 5) is 25.7. The number of nitrogens with one attached hydrogen (secondary N) is 1. The van der Waals surface area contributed by atoms with Crippen molar-refractivity contribution >= 4 is 29.1 Å². The normalized spacial score (nSPS) is 13.1. The molecule has 0 atom stereocenters. The van der Waals surface area contributed by atoms with E-state index in [-0.39, 0.29) is 23.9 Å². The van der Waals surface area contributed by atoms with Crippen LogP contribution in [-0.2, 0) is 11.3 Å². The summed E-state index contributed by atoms with van der Waals surface area (Å²) >= 11 is 0. The fourth-order valence-corrected chi connectivity index (χ4v) is 4.98. The molecule has 0 fully saturated rings. The molecular formula is C35H30FNO5. The fourth-order valence-electron chi connectivity index (χ4n) is 4.98.